The van der Waals surface area contributed by atoms with Crippen LogP contribution in [0.25, 0.3) is 16.7 Å². The van der Waals surface area contributed by atoms with E-state index in [1.807, 2.05) is 0 Å². The highest BCUT2D eigenvalue weighted by atomic mass is 19.4. The van der Waals surface area contributed by atoms with E-state index in [0.29, 0.717) is 0 Å². The van der Waals surface area contributed by atoms with Gasteiger partial charge in [0, 0.05) is 6.54 Å². The van der Waals surface area contributed by atoms with E-state index in [0.717, 1.165) is 19.5 Å². The molecule has 6 heteroatoms. The minimum atomic E-state index is -5.08. The zero-order chi connectivity index (χ0) is 18.3. The first-order valence-electron chi connectivity index (χ1n) is 7.73. The molecule has 0 aromatic heterocycles. The number of hydrogen-bond donors (Lipinski definition) is 2. The van der Waals surface area contributed by atoms with Gasteiger partial charge in [0.2, 0.25) is 0 Å². The number of aliphatic carboxylic acids is 1. The summed E-state index contributed by atoms with van der Waals surface area (Å²) in [5, 5.41) is 10.5. The summed E-state index contributed by atoms with van der Waals surface area (Å²) in [7, 11) is 0. The van der Waals surface area contributed by atoms with Crippen molar-refractivity contribution in [2.24, 2.45) is 0 Å². The zero-order valence-electron chi connectivity index (χ0n) is 13.4. The van der Waals surface area contributed by atoms with Crippen LogP contribution in [0.2, 0.25) is 0 Å². The van der Waals surface area contributed by atoms with E-state index in [1.54, 1.807) is 0 Å². The van der Waals surface area contributed by atoms with Crippen molar-refractivity contribution < 1.29 is 23.1 Å². The smallest absolute Gasteiger partial charge is 0.475 e. The van der Waals surface area contributed by atoms with Crippen LogP contribution in [0.3, 0.4) is 0 Å². The van der Waals surface area contributed by atoms with Gasteiger partial charge in [-0.1, -0.05) is 60.7 Å². The number of halogens is 3. The van der Waals surface area contributed by atoms with Crippen LogP contribution in [0.15, 0.2) is 60.7 Å². The highest BCUT2D eigenvalue weighted by molar-refractivity contribution is 5.73. The molecule has 3 nitrogen and oxygen atoms in total. The number of hydrogen-bond acceptors (Lipinski definition) is 2. The molecule has 1 aliphatic heterocycles. The zero-order valence-corrected chi connectivity index (χ0v) is 13.4. The van der Waals surface area contributed by atoms with Crippen molar-refractivity contribution in [3.05, 3.63) is 66.2 Å². The van der Waals surface area contributed by atoms with E-state index < -0.39 is 12.1 Å². The number of alkyl halides is 3. The number of rotatable bonds is 2. The van der Waals surface area contributed by atoms with Crippen molar-refractivity contribution in [2.75, 3.05) is 13.1 Å². The van der Waals surface area contributed by atoms with Gasteiger partial charge in [0.25, 0.3) is 0 Å². The molecule has 0 unspecified atom stereocenters. The number of nitrogens with one attached hydrogen (secondary N) is 1. The predicted molar refractivity (Wildman–Crippen MR) is 91.0 cm³/mol. The molecule has 0 fully saturated rings. The quantitative estimate of drug-likeness (QED) is 0.847. The lowest BCUT2D eigenvalue weighted by atomic mass is 9.97. The SMILES string of the molecule is C1=C(c2ccc(-c3ccccc3)cc2)CCNC1.O=C(O)C(F)(F)F. The maximum absolute atomic E-state index is 10.6. The molecule has 3 rings (SSSR count). The largest absolute Gasteiger partial charge is 0.490 e. The van der Waals surface area contributed by atoms with Crippen LogP contribution in [0.4, 0.5) is 13.2 Å². The van der Waals surface area contributed by atoms with Gasteiger partial charge in [0.1, 0.15) is 0 Å². The second kappa shape index (κ2) is 8.48. The van der Waals surface area contributed by atoms with Crippen molar-refractivity contribution in [1.82, 2.24) is 5.32 Å². The maximum atomic E-state index is 10.6. The Labute approximate surface area is 143 Å². The van der Waals surface area contributed by atoms with E-state index in [-0.39, 0.29) is 0 Å². The highest BCUT2D eigenvalue weighted by Crippen LogP contribution is 2.24. The summed E-state index contributed by atoms with van der Waals surface area (Å²) in [6.45, 7) is 2.09. The van der Waals surface area contributed by atoms with Crippen LogP contribution in [0.5, 0.6) is 0 Å². The fourth-order valence-corrected chi connectivity index (χ4v) is 2.39. The summed E-state index contributed by atoms with van der Waals surface area (Å²) in [4.78, 5) is 8.90. The van der Waals surface area contributed by atoms with Crippen LogP contribution in [0, 0.1) is 0 Å². The molecule has 25 heavy (non-hydrogen) atoms. The number of carboxylic acid groups (broad SMARTS) is 1. The fraction of sp³-hybridized carbons (Fsp3) is 0.211. The Kier molecular flexibility index (Phi) is 6.36. The second-order valence-corrected chi connectivity index (χ2v) is 5.43. The Morgan fingerprint density at radius 2 is 1.44 bits per heavy atom. The molecule has 1 heterocycles. The summed E-state index contributed by atoms with van der Waals surface area (Å²) in [5.41, 5.74) is 5.39. The number of benzene rings is 2. The molecule has 1 aliphatic rings. The van der Waals surface area contributed by atoms with Crippen LogP contribution < -0.4 is 5.32 Å². The standard InChI is InChI=1S/C17H17N.C2HF3O2/c1-2-4-14(5-3-1)15-6-8-16(9-7-15)17-10-12-18-13-11-17;3-2(4,5)1(6)7/h1-10,18H,11-13H2;(H,6,7). The van der Waals surface area contributed by atoms with Gasteiger partial charge >= 0.3 is 12.1 Å². The molecule has 2 aromatic rings. The van der Waals surface area contributed by atoms with Gasteiger partial charge < -0.3 is 10.4 Å². The summed E-state index contributed by atoms with van der Waals surface area (Å²) in [6.07, 6.45) is -1.66. The van der Waals surface area contributed by atoms with Crippen LogP contribution in [-0.2, 0) is 4.79 Å². The summed E-state index contributed by atoms with van der Waals surface area (Å²) in [5.74, 6) is -2.76. The predicted octanol–water partition coefficient (Wildman–Crippen LogP) is 4.36. The molecular weight excluding hydrogens is 331 g/mol. The normalized spacial score (nSPS) is 14.1. The Balaban J connectivity index is 0.000000277. The average Bonchev–Trinajstić information content (AvgIpc) is 2.63. The van der Waals surface area contributed by atoms with Crippen LogP contribution in [0.1, 0.15) is 12.0 Å². The van der Waals surface area contributed by atoms with Gasteiger partial charge in [-0.3, -0.25) is 0 Å². The van der Waals surface area contributed by atoms with Crippen molar-refractivity contribution >= 4 is 11.5 Å². The van der Waals surface area contributed by atoms with Crippen molar-refractivity contribution in [2.45, 2.75) is 12.6 Å². The molecule has 0 amide bonds. The Morgan fingerprint density at radius 3 is 1.92 bits per heavy atom. The average molecular weight is 349 g/mol. The molecule has 2 N–H and O–H groups in total. The maximum Gasteiger partial charge on any atom is 0.490 e. The highest BCUT2D eigenvalue weighted by Gasteiger charge is 2.38. The van der Waals surface area contributed by atoms with Gasteiger partial charge in [-0.25, -0.2) is 4.79 Å². The third-order valence-electron chi connectivity index (χ3n) is 3.67. The van der Waals surface area contributed by atoms with Gasteiger partial charge in [0.05, 0.1) is 0 Å². The second-order valence-electron chi connectivity index (χ2n) is 5.43. The molecule has 2 aromatic carbocycles. The first-order valence-corrected chi connectivity index (χ1v) is 7.73. The Morgan fingerprint density at radius 1 is 0.920 bits per heavy atom. The first kappa shape index (κ1) is 18.7. The Bertz CT molecular complexity index is 723. The molecule has 132 valence electrons. The van der Waals surface area contributed by atoms with Crippen LogP contribution in [-0.4, -0.2) is 30.3 Å². The van der Waals surface area contributed by atoms with E-state index in [2.05, 4.69) is 66.0 Å². The lowest BCUT2D eigenvalue weighted by Gasteiger charge is -2.14. The third-order valence-corrected chi connectivity index (χ3v) is 3.67. The van der Waals surface area contributed by atoms with Gasteiger partial charge in [-0.15, -0.1) is 0 Å². The molecule has 0 saturated heterocycles. The Hall–Kier alpha value is -2.60. The van der Waals surface area contributed by atoms with Crippen LogP contribution >= 0.6 is 0 Å². The lowest BCUT2D eigenvalue weighted by molar-refractivity contribution is -0.192. The number of carboxylic acids is 1. The molecule has 0 aliphatic carbocycles. The molecule has 0 bridgehead atoms. The van der Waals surface area contributed by atoms with Crippen molar-refractivity contribution in [1.29, 1.82) is 0 Å². The van der Waals surface area contributed by atoms with Gasteiger partial charge in [-0.05, 0) is 35.2 Å². The van der Waals surface area contributed by atoms with E-state index in [1.165, 1.54) is 22.3 Å². The van der Waals surface area contributed by atoms with E-state index in [4.69, 9.17) is 9.90 Å². The summed E-state index contributed by atoms with van der Waals surface area (Å²) >= 11 is 0. The molecule has 0 spiro atoms. The summed E-state index contributed by atoms with van der Waals surface area (Å²) in [6, 6.07) is 19.4. The van der Waals surface area contributed by atoms with E-state index >= 15 is 0 Å². The molecule has 0 atom stereocenters. The number of carbonyl (C=O) groups is 1. The monoisotopic (exact) mass is 349 g/mol. The van der Waals surface area contributed by atoms with E-state index in [9.17, 15) is 13.2 Å². The van der Waals surface area contributed by atoms with Crippen molar-refractivity contribution in [3.63, 3.8) is 0 Å². The fourth-order valence-electron chi connectivity index (χ4n) is 2.39. The molecule has 0 radical (unpaired) electrons. The van der Waals surface area contributed by atoms with Gasteiger partial charge in [0.15, 0.2) is 0 Å². The topological polar surface area (TPSA) is 49.3 Å². The molecular formula is C19H18F3NO2. The molecule has 0 saturated carbocycles. The first-order chi connectivity index (χ1) is 11.9. The minimum absolute atomic E-state index is 0.996. The third kappa shape index (κ3) is 5.76. The lowest BCUT2D eigenvalue weighted by Crippen LogP contribution is -2.21. The van der Waals surface area contributed by atoms with Gasteiger partial charge in [-0.2, -0.15) is 13.2 Å². The van der Waals surface area contributed by atoms with Crippen molar-refractivity contribution in [3.8, 4) is 11.1 Å². The minimum Gasteiger partial charge on any atom is -0.475 e. The summed E-state index contributed by atoms with van der Waals surface area (Å²) < 4.78 is 31.7.